The van der Waals surface area contributed by atoms with Gasteiger partial charge in [-0.2, -0.15) is 0 Å². The molecule has 134 valence electrons. The van der Waals surface area contributed by atoms with Crippen LogP contribution in [-0.4, -0.2) is 11.1 Å². The number of hydrogen-bond donors (Lipinski definition) is 1. The van der Waals surface area contributed by atoms with Crippen LogP contribution >= 0.6 is 0 Å². The van der Waals surface area contributed by atoms with E-state index in [1.54, 1.807) is 19.9 Å². The first kappa shape index (κ1) is 17.6. The predicted octanol–water partition coefficient (Wildman–Crippen LogP) is 4.40. The van der Waals surface area contributed by atoms with E-state index in [1.165, 1.54) is 36.4 Å². The van der Waals surface area contributed by atoms with E-state index in [-0.39, 0.29) is 23.8 Å². The summed E-state index contributed by atoms with van der Waals surface area (Å²) >= 11 is 0. The van der Waals surface area contributed by atoms with Crippen LogP contribution in [0.4, 0.5) is 14.5 Å². The maximum absolute atomic E-state index is 13.8. The first-order valence-corrected chi connectivity index (χ1v) is 7.85. The molecule has 0 aliphatic rings. The van der Waals surface area contributed by atoms with E-state index < -0.39 is 11.7 Å². The molecule has 0 unspecified atom stereocenters. The minimum absolute atomic E-state index is 0.0000185. The summed E-state index contributed by atoms with van der Waals surface area (Å²) in [6.07, 6.45) is 0. The molecular formula is C19H16F2N2O3. The lowest BCUT2D eigenvalue weighted by Gasteiger charge is -2.08. The largest absolute Gasteiger partial charge is 0.489 e. The minimum atomic E-state index is -0.607. The fourth-order valence-electron chi connectivity index (χ4n) is 2.34. The minimum Gasteiger partial charge on any atom is -0.489 e. The Morgan fingerprint density at radius 3 is 2.62 bits per heavy atom. The number of halogens is 2. The van der Waals surface area contributed by atoms with Crippen molar-refractivity contribution in [3.8, 4) is 5.75 Å². The highest BCUT2D eigenvalue weighted by molar-refractivity contribution is 6.04. The number of benzene rings is 2. The molecule has 1 N–H and O–H groups in total. The lowest BCUT2D eigenvalue weighted by molar-refractivity contribution is 0.101. The van der Waals surface area contributed by atoms with Crippen molar-refractivity contribution in [3.05, 3.63) is 76.7 Å². The quantitative estimate of drug-likeness (QED) is 0.734. The maximum atomic E-state index is 13.8. The summed E-state index contributed by atoms with van der Waals surface area (Å²) in [7, 11) is 0. The SMILES string of the molecule is Cc1ccc(F)c(NC(=O)c2noc(C)c2COc2ccc(F)cc2)c1. The number of nitrogens with zero attached hydrogens (tertiary/aromatic N) is 1. The van der Waals surface area contributed by atoms with Gasteiger partial charge in [0, 0.05) is 0 Å². The predicted molar refractivity (Wildman–Crippen MR) is 91.1 cm³/mol. The van der Waals surface area contributed by atoms with Gasteiger partial charge in [-0.05, 0) is 55.8 Å². The van der Waals surface area contributed by atoms with Crippen molar-refractivity contribution < 1.29 is 22.8 Å². The van der Waals surface area contributed by atoms with Gasteiger partial charge in [-0.1, -0.05) is 11.2 Å². The summed E-state index contributed by atoms with van der Waals surface area (Å²) in [5.41, 5.74) is 1.30. The average Bonchev–Trinajstić information content (AvgIpc) is 2.98. The Morgan fingerprint density at radius 2 is 1.88 bits per heavy atom. The highest BCUT2D eigenvalue weighted by Crippen LogP contribution is 2.21. The molecule has 3 rings (SSSR count). The molecule has 26 heavy (non-hydrogen) atoms. The summed E-state index contributed by atoms with van der Waals surface area (Å²) in [5, 5.41) is 6.23. The van der Waals surface area contributed by atoms with Crippen LogP contribution in [-0.2, 0) is 6.61 Å². The van der Waals surface area contributed by atoms with Gasteiger partial charge in [0.05, 0.1) is 11.3 Å². The van der Waals surface area contributed by atoms with Gasteiger partial charge in [0.1, 0.15) is 29.8 Å². The molecule has 0 radical (unpaired) electrons. The molecule has 0 aliphatic heterocycles. The van der Waals surface area contributed by atoms with E-state index in [0.29, 0.717) is 17.1 Å². The number of aromatic nitrogens is 1. The molecule has 5 nitrogen and oxygen atoms in total. The molecule has 1 aromatic heterocycles. The van der Waals surface area contributed by atoms with E-state index in [1.807, 2.05) is 0 Å². The second-order valence-corrected chi connectivity index (χ2v) is 5.75. The lowest BCUT2D eigenvalue weighted by Crippen LogP contribution is -2.16. The highest BCUT2D eigenvalue weighted by atomic mass is 19.1. The Morgan fingerprint density at radius 1 is 1.15 bits per heavy atom. The zero-order chi connectivity index (χ0) is 18.7. The van der Waals surface area contributed by atoms with Crippen molar-refractivity contribution in [2.45, 2.75) is 20.5 Å². The number of nitrogens with one attached hydrogen (secondary N) is 1. The first-order valence-electron chi connectivity index (χ1n) is 7.85. The molecule has 0 aliphatic carbocycles. The molecule has 0 spiro atoms. The molecular weight excluding hydrogens is 342 g/mol. The Bertz CT molecular complexity index is 936. The molecule has 0 saturated carbocycles. The van der Waals surface area contributed by atoms with E-state index in [2.05, 4.69) is 10.5 Å². The van der Waals surface area contributed by atoms with Gasteiger partial charge in [0.25, 0.3) is 5.91 Å². The van der Waals surface area contributed by atoms with Crippen LogP contribution in [0, 0.1) is 25.5 Å². The molecule has 7 heteroatoms. The molecule has 0 atom stereocenters. The van der Waals surface area contributed by atoms with Crippen molar-refractivity contribution in [1.29, 1.82) is 0 Å². The number of hydrogen-bond acceptors (Lipinski definition) is 4. The van der Waals surface area contributed by atoms with Crippen LogP contribution in [0.25, 0.3) is 0 Å². The van der Waals surface area contributed by atoms with Gasteiger partial charge in [-0.15, -0.1) is 0 Å². The second-order valence-electron chi connectivity index (χ2n) is 5.75. The highest BCUT2D eigenvalue weighted by Gasteiger charge is 2.21. The second kappa shape index (κ2) is 7.35. The Kier molecular flexibility index (Phi) is 4.97. The van der Waals surface area contributed by atoms with E-state index in [4.69, 9.17) is 9.26 Å². The van der Waals surface area contributed by atoms with Crippen LogP contribution in [0.5, 0.6) is 5.75 Å². The smallest absolute Gasteiger partial charge is 0.278 e. The fraction of sp³-hybridized carbons (Fsp3) is 0.158. The van der Waals surface area contributed by atoms with Gasteiger partial charge in [0.15, 0.2) is 5.69 Å². The molecule has 3 aromatic rings. The number of amides is 1. The zero-order valence-electron chi connectivity index (χ0n) is 14.2. The number of anilines is 1. The van der Waals surface area contributed by atoms with Crippen LogP contribution in [0.2, 0.25) is 0 Å². The van der Waals surface area contributed by atoms with Crippen molar-refractivity contribution in [2.75, 3.05) is 5.32 Å². The summed E-state index contributed by atoms with van der Waals surface area (Å²) in [5.74, 6) is -0.693. The lowest BCUT2D eigenvalue weighted by atomic mass is 10.1. The van der Waals surface area contributed by atoms with E-state index in [9.17, 15) is 13.6 Å². The molecule has 0 saturated heterocycles. The van der Waals surface area contributed by atoms with Crippen LogP contribution in [0.1, 0.15) is 27.4 Å². The number of aryl methyl sites for hydroxylation is 2. The molecule has 2 aromatic carbocycles. The summed E-state index contributed by atoms with van der Waals surface area (Å²) in [6, 6.07) is 9.88. The number of rotatable bonds is 5. The van der Waals surface area contributed by atoms with Crippen molar-refractivity contribution in [2.24, 2.45) is 0 Å². The summed E-state index contributed by atoms with van der Waals surface area (Å²) in [4.78, 5) is 12.5. The van der Waals surface area contributed by atoms with Gasteiger partial charge < -0.3 is 14.6 Å². The number of carbonyl (C=O) groups excluding carboxylic acids is 1. The van der Waals surface area contributed by atoms with Crippen LogP contribution in [0.3, 0.4) is 0 Å². The van der Waals surface area contributed by atoms with Crippen molar-refractivity contribution >= 4 is 11.6 Å². The van der Waals surface area contributed by atoms with Crippen LogP contribution < -0.4 is 10.1 Å². The summed E-state index contributed by atoms with van der Waals surface area (Å²) < 4.78 is 37.4. The third-order valence-electron chi connectivity index (χ3n) is 3.77. The Labute approximate surface area is 148 Å². The number of ether oxygens (including phenoxy) is 1. The maximum Gasteiger partial charge on any atom is 0.278 e. The third-order valence-corrected chi connectivity index (χ3v) is 3.77. The van der Waals surface area contributed by atoms with Crippen molar-refractivity contribution in [1.82, 2.24) is 5.16 Å². The van der Waals surface area contributed by atoms with Crippen molar-refractivity contribution in [3.63, 3.8) is 0 Å². The molecule has 1 amide bonds. The molecule has 0 bridgehead atoms. The van der Waals surface area contributed by atoms with Gasteiger partial charge in [-0.3, -0.25) is 4.79 Å². The Balaban J connectivity index is 1.77. The Hall–Kier alpha value is -3.22. The zero-order valence-corrected chi connectivity index (χ0v) is 14.2. The topological polar surface area (TPSA) is 64.4 Å². The number of carbonyl (C=O) groups is 1. The third kappa shape index (κ3) is 3.88. The van der Waals surface area contributed by atoms with Crippen LogP contribution in [0.15, 0.2) is 47.0 Å². The normalized spacial score (nSPS) is 10.6. The van der Waals surface area contributed by atoms with Gasteiger partial charge >= 0.3 is 0 Å². The van der Waals surface area contributed by atoms with E-state index in [0.717, 1.165) is 5.56 Å². The molecule has 1 heterocycles. The standard InChI is InChI=1S/C19H16F2N2O3/c1-11-3-8-16(21)17(9-11)22-19(24)18-15(12(2)26-23-18)10-25-14-6-4-13(20)5-7-14/h3-9H,10H2,1-2H3,(H,22,24). The summed E-state index contributed by atoms with van der Waals surface area (Å²) in [6.45, 7) is 3.43. The first-order chi connectivity index (χ1) is 12.4. The fourth-order valence-corrected chi connectivity index (χ4v) is 2.34. The molecule has 0 fully saturated rings. The van der Waals surface area contributed by atoms with Gasteiger partial charge in [-0.25, -0.2) is 8.78 Å². The van der Waals surface area contributed by atoms with E-state index >= 15 is 0 Å². The monoisotopic (exact) mass is 358 g/mol. The average molecular weight is 358 g/mol. The van der Waals surface area contributed by atoms with Gasteiger partial charge in [0.2, 0.25) is 0 Å².